The summed E-state index contributed by atoms with van der Waals surface area (Å²) in [5, 5.41) is 2.45. The van der Waals surface area contributed by atoms with Gasteiger partial charge in [0.2, 0.25) is 5.91 Å². The zero-order chi connectivity index (χ0) is 26.2. The molecule has 1 amide bonds. The van der Waals surface area contributed by atoms with E-state index in [1.165, 1.54) is 48.9 Å². The zero-order valence-electron chi connectivity index (χ0n) is 22.0. The summed E-state index contributed by atoms with van der Waals surface area (Å²) < 4.78 is 10.1. The van der Waals surface area contributed by atoms with Gasteiger partial charge in [-0.1, -0.05) is 81.1 Å². The van der Waals surface area contributed by atoms with Crippen LogP contribution in [-0.2, 0) is 36.7 Å². The molecule has 0 aliphatic rings. The molecule has 196 valence electrons. The molecule has 0 saturated carbocycles. The number of benzene rings is 2. The van der Waals surface area contributed by atoms with Crippen LogP contribution in [0.4, 0.5) is 0 Å². The fourth-order valence-corrected chi connectivity index (χ4v) is 3.96. The number of carbonyl (C=O) groups excluding carboxylic acids is 3. The van der Waals surface area contributed by atoms with Gasteiger partial charge in [-0.3, -0.25) is 9.59 Å². The summed E-state index contributed by atoms with van der Waals surface area (Å²) in [6.45, 7) is 4.84. The number of aryl methyl sites for hydroxylation is 2. The van der Waals surface area contributed by atoms with Crippen LogP contribution in [0.25, 0.3) is 11.1 Å². The molecule has 1 atom stereocenters. The maximum atomic E-state index is 12.1. The average Bonchev–Trinajstić information content (AvgIpc) is 2.87. The maximum Gasteiger partial charge on any atom is 0.332 e. The van der Waals surface area contributed by atoms with Crippen LogP contribution in [0.3, 0.4) is 0 Å². The van der Waals surface area contributed by atoms with E-state index >= 15 is 0 Å². The van der Waals surface area contributed by atoms with E-state index in [1.54, 1.807) is 0 Å². The van der Waals surface area contributed by atoms with Crippen LogP contribution in [0, 0.1) is 0 Å². The first-order valence-corrected chi connectivity index (χ1v) is 13.1. The van der Waals surface area contributed by atoms with E-state index in [-0.39, 0.29) is 19.1 Å². The van der Waals surface area contributed by atoms with E-state index in [9.17, 15) is 14.4 Å². The molecule has 6 nitrogen and oxygen atoms in total. The minimum absolute atomic E-state index is 0.222. The molecule has 0 bridgehead atoms. The molecular formula is C30H41NO5. The molecule has 6 heteroatoms. The van der Waals surface area contributed by atoms with Crippen molar-refractivity contribution in [3.8, 4) is 11.1 Å². The van der Waals surface area contributed by atoms with Crippen molar-refractivity contribution >= 4 is 17.8 Å². The second-order valence-electron chi connectivity index (χ2n) is 9.24. The van der Waals surface area contributed by atoms with Gasteiger partial charge >= 0.3 is 11.9 Å². The minimum Gasteiger partial charge on any atom is -0.464 e. The van der Waals surface area contributed by atoms with Crippen molar-refractivity contribution in [2.45, 2.75) is 84.6 Å². The van der Waals surface area contributed by atoms with Crippen LogP contribution < -0.4 is 5.32 Å². The van der Waals surface area contributed by atoms with E-state index in [1.807, 2.05) is 0 Å². The van der Waals surface area contributed by atoms with Crippen LogP contribution >= 0.6 is 0 Å². The molecule has 0 aliphatic heterocycles. The molecule has 0 saturated heterocycles. The Kier molecular flexibility index (Phi) is 13.3. The Bertz CT molecular complexity index is 937. The number of hydrogen-bond acceptors (Lipinski definition) is 5. The number of carbonyl (C=O) groups is 3. The van der Waals surface area contributed by atoms with Gasteiger partial charge in [-0.15, -0.1) is 0 Å². The molecule has 1 unspecified atom stereocenters. The molecule has 36 heavy (non-hydrogen) atoms. The quantitative estimate of drug-likeness (QED) is 0.235. The molecule has 2 aromatic carbocycles. The van der Waals surface area contributed by atoms with Gasteiger partial charge in [-0.25, -0.2) is 4.79 Å². The second-order valence-corrected chi connectivity index (χ2v) is 9.24. The standard InChI is InChI=1S/C30H41NO5/c1-4-5-11-25-13-17-27(18-14-25)28-19-15-26(16-20-28)12-9-7-6-8-10-21-35-30(34)29(31-23(2)32)22-36-24(3)33/h13-20,29H,4-12,21-22H2,1-3H3,(H,31,32). The molecule has 0 spiro atoms. The van der Waals surface area contributed by atoms with Crippen molar-refractivity contribution in [3.63, 3.8) is 0 Å². The topological polar surface area (TPSA) is 81.7 Å². The van der Waals surface area contributed by atoms with Crippen molar-refractivity contribution in [1.29, 1.82) is 0 Å². The molecule has 0 radical (unpaired) electrons. The second kappa shape index (κ2) is 16.5. The summed E-state index contributed by atoms with van der Waals surface area (Å²) >= 11 is 0. The van der Waals surface area contributed by atoms with Gasteiger partial charge in [-0.2, -0.15) is 0 Å². The maximum absolute atomic E-state index is 12.1. The molecule has 0 aromatic heterocycles. The first-order valence-electron chi connectivity index (χ1n) is 13.1. The Hall–Kier alpha value is -3.15. The lowest BCUT2D eigenvalue weighted by Gasteiger charge is -2.16. The SMILES string of the molecule is CCCCc1ccc(-c2ccc(CCCCCCCOC(=O)C(COC(C)=O)NC(C)=O)cc2)cc1. The fourth-order valence-electron chi connectivity index (χ4n) is 3.96. The number of ether oxygens (including phenoxy) is 2. The summed E-state index contributed by atoms with van der Waals surface area (Å²) in [5.41, 5.74) is 5.27. The van der Waals surface area contributed by atoms with Crippen LogP contribution in [0.2, 0.25) is 0 Å². The first-order chi connectivity index (χ1) is 17.4. The van der Waals surface area contributed by atoms with Gasteiger partial charge < -0.3 is 14.8 Å². The summed E-state index contributed by atoms with van der Waals surface area (Å²) in [6, 6.07) is 16.8. The highest BCUT2D eigenvalue weighted by molar-refractivity contribution is 5.83. The molecule has 2 rings (SSSR count). The lowest BCUT2D eigenvalue weighted by atomic mass is 9.99. The summed E-state index contributed by atoms with van der Waals surface area (Å²) in [5.74, 6) is -1.47. The van der Waals surface area contributed by atoms with Gasteiger partial charge in [0.15, 0.2) is 6.04 Å². The Morgan fingerprint density at radius 2 is 1.25 bits per heavy atom. The van der Waals surface area contributed by atoms with Crippen molar-refractivity contribution in [2.75, 3.05) is 13.2 Å². The smallest absolute Gasteiger partial charge is 0.332 e. The number of nitrogens with one attached hydrogen (secondary N) is 1. The molecule has 0 fully saturated rings. The predicted octanol–water partition coefficient (Wildman–Crippen LogP) is 5.80. The van der Waals surface area contributed by atoms with Crippen molar-refractivity contribution in [2.24, 2.45) is 0 Å². The zero-order valence-corrected chi connectivity index (χ0v) is 22.0. The summed E-state index contributed by atoms with van der Waals surface area (Å²) in [7, 11) is 0. The Morgan fingerprint density at radius 1 is 0.722 bits per heavy atom. The summed E-state index contributed by atoms with van der Waals surface area (Å²) in [4.78, 5) is 34.3. The lowest BCUT2D eigenvalue weighted by Crippen LogP contribution is -2.44. The fraction of sp³-hybridized carbons (Fsp3) is 0.500. The van der Waals surface area contributed by atoms with Crippen LogP contribution in [0.15, 0.2) is 48.5 Å². The molecule has 1 N–H and O–H groups in total. The van der Waals surface area contributed by atoms with Gasteiger partial charge in [0.25, 0.3) is 0 Å². The third-order valence-electron chi connectivity index (χ3n) is 6.03. The van der Waals surface area contributed by atoms with Gasteiger partial charge in [0, 0.05) is 13.8 Å². The van der Waals surface area contributed by atoms with E-state index < -0.39 is 18.0 Å². The van der Waals surface area contributed by atoms with Crippen LogP contribution in [-0.4, -0.2) is 37.1 Å². The number of unbranched alkanes of at least 4 members (excludes halogenated alkanes) is 5. The highest BCUT2D eigenvalue weighted by Crippen LogP contribution is 2.22. The van der Waals surface area contributed by atoms with E-state index in [0.717, 1.165) is 44.9 Å². The van der Waals surface area contributed by atoms with Crippen LogP contribution in [0.5, 0.6) is 0 Å². The third kappa shape index (κ3) is 11.5. The van der Waals surface area contributed by atoms with Gasteiger partial charge in [0.05, 0.1) is 6.61 Å². The Labute approximate surface area is 215 Å². The van der Waals surface area contributed by atoms with E-state index in [0.29, 0.717) is 0 Å². The largest absolute Gasteiger partial charge is 0.464 e. The number of hydrogen-bond donors (Lipinski definition) is 1. The van der Waals surface area contributed by atoms with Gasteiger partial charge in [-0.05, 0) is 54.4 Å². The number of rotatable bonds is 16. The number of amides is 1. The summed E-state index contributed by atoms with van der Waals surface area (Å²) in [6.07, 6.45) is 9.71. The van der Waals surface area contributed by atoms with E-state index in [2.05, 4.69) is 60.8 Å². The lowest BCUT2D eigenvalue weighted by molar-refractivity contribution is -0.152. The Balaban J connectivity index is 1.60. The third-order valence-corrected chi connectivity index (χ3v) is 6.03. The Morgan fingerprint density at radius 3 is 1.78 bits per heavy atom. The first kappa shape index (κ1) is 29.1. The molecule has 2 aromatic rings. The van der Waals surface area contributed by atoms with Crippen LogP contribution in [0.1, 0.15) is 76.8 Å². The monoisotopic (exact) mass is 495 g/mol. The van der Waals surface area contributed by atoms with Gasteiger partial charge in [0.1, 0.15) is 6.61 Å². The highest BCUT2D eigenvalue weighted by Gasteiger charge is 2.22. The van der Waals surface area contributed by atoms with Crippen molar-refractivity contribution < 1.29 is 23.9 Å². The minimum atomic E-state index is -0.969. The average molecular weight is 496 g/mol. The van der Waals surface area contributed by atoms with Crippen molar-refractivity contribution in [1.82, 2.24) is 5.32 Å². The normalized spacial score (nSPS) is 11.5. The molecule has 0 heterocycles. The van der Waals surface area contributed by atoms with Crippen molar-refractivity contribution in [3.05, 3.63) is 59.7 Å². The predicted molar refractivity (Wildman–Crippen MR) is 142 cm³/mol. The molecule has 0 aliphatic carbocycles. The molecular weight excluding hydrogens is 454 g/mol. The van der Waals surface area contributed by atoms with E-state index in [4.69, 9.17) is 9.47 Å². The number of esters is 2. The highest BCUT2D eigenvalue weighted by atomic mass is 16.6.